The van der Waals surface area contributed by atoms with Crippen LogP contribution in [0.15, 0.2) is 42.7 Å². The van der Waals surface area contributed by atoms with Gasteiger partial charge in [-0.1, -0.05) is 0 Å². The Morgan fingerprint density at radius 1 is 1.10 bits per heavy atom. The molecule has 0 radical (unpaired) electrons. The van der Waals surface area contributed by atoms with Crippen molar-refractivity contribution in [3.05, 3.63) is 58.4 Å². The van der Waals surface area contributed by atoms with Gasteiger partial charge in [0.05, 0.1) is 36.0 Å². The third kappa shape index (κ3) is 6.11. The Balaban J connectivity index is 1.82. The van der Waals surface area contributed by atoms with Crippen molar-refractivity contribution in [1.82, 2.24) is 19.4 Å². The van der Waals surface area contributed by atoms with Crippen LogP contribution in [0.5, 0.6) is 11.5 Å². The lowest BCUT2D eigenvalue weighted by atomic mass is 10.1. The Morgan fingerprint density at radius 3 is 2.44 bits per heavy atom. The molecule has 2 aromatic carbocycles. The second-order valence-corrected chi connectivity index (χ2v) is 9.64. The summed E-state index contributed by atoms with van der Waals surface area (Å²) in [5, 5.41) is 15.3. The number of halogens is 3. The number of aromatic nitrogens is 3. The molecule has 0 saturated heterocycles. The van der Waals surface area contributed by atoms with Crippen LogP contribution in [0, 0.1) is 10.1 Å². The molecule has 0 saturated carbocycles. The minimum atomic E-state index is -4.74. The van der Waals surface area contributed by atoms with Crippen molar-refractivity contribution < 1.29 is 27.6 Å². The van der Waals surface area contributed by atoms with Gasteiger partial charge in [0.1, 0.15) is 22.7 Å². The fourth-order valence-corrected chi connectivity index (χ4v) is 4.40. The molecule has 0 atom stereocenters. The van der Waals surface area contributed by atoms with Crippen molar-refractivity contribution in [2.45, 2.75) is 6.18 Å². The molecule has 11 nitrogen and oxygen atoms in total. The molecular formula is C27H30F3N7O4. The molecule has 0 bridgehead atoms. The van der Waals surface area contributed by atoms with Crippen LogP contribution in [0.1, 0.15) is 5.56 Å². The number of nitrogens with zero attached hydrogens (tertiary/aromatic N) is 6. The lowest BCUT2D eigenvalue weighted by Crippen LogP contribution is -2.29. The maximum Gasteiger partial charge on any atom is 0.419 e. The number of likely N-dealkylation sites (N-methyl/N-ethyl adjacent to an activating group) is 2. The van der Waals surface area contributed by atoms with Crippen LogP contribution in [0.2, 0.25) is 0 Å². The average molecular weight is 574 g/mol. The number of hydrogen-bond acceptors (Lipinski definition) is 9. The molecule has 2 aromatic heterocycles. The smallest absolute Gasteiger partial charge is 0.419 e. The van der Waals surface area contributed by atoms with E-state index in [1.54, 1.807) is 48.0 Å². The Morgan fingerprint density at radius 2 is 1.83 bits per heavy atom. The molecule has 218 valence electrons. The van der Waals surface area contributed by atoms with Gasteiger partial charge >= 0.3 is 6.18 Å². The van der Waals surface area contributed by atoms with Crippen LogP contribution in [0.3, 0.4) is 0 Å². The van der Waals surface area contributed by atoms with Crippen molar-refractivity contribution in [3.8, 4) is 22.8 Å². The highest BCUT2D eigenvalue weighted by Gasteiger charge is 2.36. The van der Waals surface area contributed by atoms with E-state index < -0.39 is 16.7 Å². The average Bonchev–Trinajstić information content (AvgIpc) is 3.26. The van der Waals surface area contributed by atoms with Gasteiger partial charge in [-0.05, 0) is 26.2 Å². The zero-order valence-electron chi connectivity index (χ0n) is 23.4. The third-order valence-corrected chi connectivity index (χ3v) is 6.58. The van der Waals surface area contributed by atoms with E-state index in [9.17, 15) is 23.3 Å². The van der Waals surface area contributed by atoms with Gasteiger partial charge in [-0.15, -0.1) is 0 Å². The summed E-state index contributed by atoms with van der Waals surface area (Å²) in [5.41, 5.74) is -0.270. The maximum atomic E-state index is 14.1. The summed E-state index contributed by atoms with van der Waals surface area (Å²) in [6.07, 6.45) is -2.50. The fraction of sp³-hybridized carbons (Fsp3) is 0.333. The molecule has 0 spiro atoms. The molecule has 0 aliphatic heterocycles. The second-order valence-electron chi connectivity index (χ2n) is 9.64. The van der Waals surface area contributed by atoms with Gasteiger partial charge in [-0.25, -0.2) is 9.97 Å². The summed E-state index contributed by atoms with van der Waals surface area (Å²) in [6.45, 7) is 1.16. The zero-order valence-corrected chi connectivity index (χ0v) is 23.4. The van der Waals surface area contributed by atoms with E-state index in [0.29, 0.717) is 41.6 Å². The van der Waals surface area contributed by atoms with Crippen molar-refractivity contribution in [1.29, 1.82) is 0 Å². The Hall–Kier alpha value is -4.59. The number of nitro benzene ring substituents is 1. The van der Waals surface area contributed by atoms with Gasteiger partial charge in [0.25, 0.3) is 5.69 Å². The number of aryl methyl sites for hydroxylation is 1. The summed E-state index contributed by atoms with van der Waals surface area (Å²) >= 11 is 0. The summed E-state index contributed by atoms with van der Waals surface area (Å²) in [6, 6.07) is 7.79. The van der Waals surface area contributed by atoms with E-state index >= 15 is 0 Å². The number of ether oxygens (including phenoxy) is 2. The van der Waals surface area contributed by atoms with Crippen LogP contribution in [0.4, 0.5) is 36.2 Å². The predicted octanol–water partition coefficient (Wildman–Crippen LogP) is 5.32. The molecule has 0 amide bonds. The second kappa shape index (κ2) is 11.5. The van der Waals surface area contributed by atoms with E-state index in [1.807, 2.05) is 19.0 Å². The van der Waals surface area contributed by atoms with Gasteiger partial charge in [0.15, 0.2) is 0 Å². The molecule has 0 unspecified atom stereocenters. The van der Waals surface area contributed by atoms with E-state index in [4.69, 9.17) is 9.47 Å². The number of fused-ring (bicyclic) bond motifs is 1. The molecule has 0 aliphatic carbocycles. The van der Waals surface area contributed by atoms with Gasteiger partial charge < -0.3 is 29.2 Å². The Kier molecular flexibility index (Phi) is 8.24. The first-order valence-electron chi connectivity index (χ1n) is 12.4. The SMILES string of the molecule is COc1ccc2c(-c3nc(Nc4cc([N+](=O)[O-])c(N(C)CCN(C)C)cc4OC)ncc3C(F)(F)F)cn(C)c2c1. The largest absolute Gasteiger partial charge is 0.497 e. The Labute approximate surface area is 234 Å². The highest BCUT2D eigenvalue weighted by Crippen LogP contribution is 2.42. The van der Waals surface area contributed by atoms with Crippen molar-refractivity contribution in [3.63, 3.8) is 0 Å². The molecule has 2 heterocycles. The summed E-state index contributed by atoms with van der Waals surface area (Å²) < 4.78 is 54.7. The van der Waals surface area contributed by atoms with Crippen molar-refractivity contribution >= 4 is 33.9 Å². The van der Waals surface area contributed by atoms with Gasteiger partial charge in [0, 0.05) is 68.7 Å². The van der Waals surface area contributed by atoms with Crippen molar-refractivity contribution in [2.24, 2.45) is 7.05 Å². The topological polar surface area (TPSA) is 111 Å². The summed E-state index contributed by atoms with van der Waals surface area (Å²) in [7, 11) is 10.1. The first-order chi connectivity index (χ1) is 19.3. The Bertz CT molecular complexity index is 1590. The molecule has 1 N–H and O–H groups in total. The summed E-state index contributed by atoms with van der Waals surface area (Å²) in [5.74, 6) is 0.584. The molecule has 41 heavy (non-hydrogen) atoms. The number of hydrogen-bond donors (Lipinski definition) is 1. The van der Waals surface area contributed by atoms with E-state index in [1.165, 1.54) is 26.4 Å². The van der Waals surface area contributed by atoms with E-state index in [2.05, 4.69) is 15.3 Å². The number of benzene rings is 2. The van der Waals surface area contributed by atoms with E-state index in [0.717, 1.165) is 0 Å². The zero-order chi connectivity index (χ0) is 30.1. The standard InChI is InChI=1S/C27H30F3N7O4/c1-34(2)9-10-35(3)22-13-24(41-6)20(12-23(22)37(38)39)32-26-31-14-19(27(28,29)30)25(33-26)18-15-36(4)21-11-16(40-5)7-8-17(18)21/h7-8,11-15H,9-10H2,1-6H3,(H,31,32,33). The van der Waals surface area contributed by atoms with Gasteiger partial charge in [-0.2, -0.15) is 13.2 Å². The maximum absolute atomic E-state index is 14.1. The normalized spacial score (nSPS) is 11.7. The molecule has 14 heteroatoms. The molecule has 4 rings (SSSR count). The number of nitrogens with one attached hydrogen (secondary N) is 1. The summed E-state index contributed by atoms with van der Waals surface area (Å²) in [4.78, 5) is 23.2. The van der Waals surface area contributed by atoms with Crippen LogP contribution in [-0.2, 0) is 13.2 Å². The minimum absolute atomic E-state index is 0.123. The number of rotatable bonds is 10. The van der Waals surface area contributed by atoms with Gasteiger partial charge in [0.2, 0.25) is 5.95 Å². The monoisotopic (exact) mass is 573 g/mol. The minimum Gasteiger partial charge on any atom is -0.497 e. The molecule has 0 aliphatic rings. The third-order valence-electron chi connectivity index (χ3n) is 6.58. The van der Waals surface area contributed by atoms with Crippen LogP contribution >= 0.6 is 0 Å². The van der Waals surface area contributed by atoms with Crippen LogP contribution < -0.4 is 19.7 Å². The molecule has 4 aromatic rings. The lowest BCUT2D eigenvalue weighted by molar-refractivity contribution is -0.384. The molecular weight excluding hydrogens is 543 g/mol. The first-order valence-corrected chi connectivity index (χ1v) is 12.4. The molecule has 0 fully saturated rings. The number of alkyl halides is 3. The van der Waals surface area contributed by atoms with Gasteiger partial charge in [-0.3, -0.25) is 10.1 Å². The van der Waals surface area contributed by atoms with Crippen LogP contribution in [0.25, 0.3) is 22.2 Å². The fourth-order valence-electron chi connectivity index (χ4n) is 4.40. The number of nitro groups is 1. The quantitative estimate of drug-likeness (QED) is 0.199. The first kappa shape index (κ1) is 29.4. The number of methoxy groups -OCH3 is 2. The van der Waals surface area contributed by atoms with E-state index in [-0.39, 0.29) is 34.3 Å². The van der Waals surface area contributed by atoms with Crippen LogP contribution in [-0.4, -0.2) is 72.8 Å². The highest BCUT2D eigenvalue weighted by atomic mass is 19.4. The lowest BCUT2D eigenvalue weighted by Gasteiger charge is -2.23. The predicted molar refractivity (Wildman–Crippen MR) is 150 cm³/mol. The number of anilines is 3. The highest BCUT2D eigenvalue weighted by molar-refractivity contribution is 5.96. The van der Waals surface area contributed by atoms with Crippen molar-refractivity contribution in [2.75, 3.05) is 58.7 Å².